The number of nitrogens with zero attached hydrogens (tertiary/aromatic N) is 1. The summed E-state index contributed by atoms with van der Waals surface area (Å²) in [6, 6.07) is 13.1. The van der Waals surface area contributed by atoms with Crippen LogP contribution in [0.5, 0.6) is 0 Å². The normalized spacial score (nSPS) is 11.4. The van der Waals surface area contributed by atoms with E-state index in [9.17, 15) is 9.59 Å². The van der Waals surface area contributed by atoms with Gasteiger partial charge in [0, 0.05) is 18.2 Å². The van der Waals surface area contributed by atoms with E-state index in [0.29, 0.717) is 16.4 Å². The highest BCUT2D eigenvalue weighted by atomic mass is 32.1. The van der Waals surface area contributed by atoms with Gasteiger partial charge in [0.15, 0.2) is 5.13 Å². The first kappa shape index (κ1) is 18.1. The minimum atomic E-state index is -0.188. The van der Waals surface area contributed by atoms with E-state index < -0.39 is 0 Å². The Bertz CT molecular complexity index is 969. The Morgan fingerprint density at radius 3 is 2.31 bits per heavy atom. The van der Waals surface area contributed by atoms with E-state index in [-0.39, 0.29) is 17.2 Å². The van der Waals surface area contributed by atoms with Gasteiger partial charge in [0.1, 0.15) is 0 Å². The maximum absolute atomic E-state index is 12.5. The second-order valence-electron chi connectivity index (χ2n) is 7.16. The Labute approximate surface area is 156 Å². The predicted molar refractivity (Wildman–Crippen MR) is 107 cm³/mol. The molecule has 3 aromatic rings. The second-order valence-corrected chi connectivity index (χ2v) is 8.19. The summed E-state index contributed by atoms with van der Waals surface area (Å²) in [4.78, 5) is 28.1. The summed E-state index contributed by atoms with van der Waals surface area (Å²) in [5.74, 6) is -0.312. The zero-order valence-electron chi connectivity index (χ0n) is 15.2. The van der Waals surface area contributed by atoms with E-state index in [4.69, 9.17) is 0 Å². The van der Waals surface area contributed by atoms with Gasteiger partial charge < -0.3 is 5.32 Å². The van der Waals surface area contributed by atoms with Crippen molar-refractivity contribution in [2.45, 2.75) is 33.1 Å². The molecule has 0 fully saturated rings. The molecule has 5 nitrogen and oxygen atoms in total. The number of aromatic nitrogens is 1. The van der Waals surface area contributed by atoms with Crippen molar-refractivity contribution < 1.29 is 9.59 Å². The number of anilines is 2. The van der Waals surface area contributed by atoms with Crippen molar-refractivity contribution in [3.63, 3.8) is 0 Å². The van der Waals surface area contributed by atoms with Crippen molar-refractivity contribution in [1.29, 1.82) is 0 Å². The summed E-state index contributed by atoms with van der Waals surface area (Å²) < 4.78 is 0.898. The van der Waals surface area contributed by atoms with Crippen molar-refractivity contribution in [2.75, 3.05) is 10.6 Å². The highest BCUT2D eigenvalue weighted by Gasteiger charge is 2.15. The average Bonchev–Trinajstić information content (AvgIpc) is 2.95. The number of carbonyl (C=O) groups is 2. The van der Waals surface area contributed by atoms with Crippen LogP contribution >= 0.6 is 11.3 Å². The van der Waals surface area contributed by atoms with Gasteiger partial charge in [0.2, 0.25) is 5.91 Å². The maximum atomic E-state index is 12.5. The molecule has 0 unspecified atom stereocenters. The standard InChI is InChI=1S/C20H21N3O2S/c1-12(24)21-15-9-10-16-17(11-15)26-19(22-16)23-18(25)13-5-7-14(8-6-13)20(2,3)4/h5-11H,1-4H3,(H,21,24)(H,22,23,25). The molecule has 2 amide bonds. The van der Waals surface area contributed by atoms with Gasteiger partial charge in [-0.2, -0.15) is 0 Å². The van der Waals surface area contributed by atoms with Gasteiger partial charge in [0.05, 0.1) is 10.2 Å². The van der Waals surface area contributed by atoms with E-state index >= 15 is 0 Å². The molecule has 1 aromatic heterocycles. The maximum Gasteiger partial charge on any atom is 0.257 e. The Hall–Kier alpha value is -2.73. The quantitative estimate of drug-likeness (QED) is 0.698. The van der Waals surface area contributed by atoms with Gasteiger partial charge in [-0.3, -0.25) is 14.9 Å². The lowest BCUT2D eigenvalue weighted by molar-refractivity contribution is -0.114. The predicted octanol–water partition coefficient (Wildman–Crippen LogP) is 4.80. The lowest BCUT2D eigenvalue weighted by atomic mass is 9.87. The highest BCUT2D eigenvalue weighted by Crippen LogP contribution is 2.29. The molecule has 26 heavy (non-hydrogen) atoms. The molecule has 0 aliphatic rings. The summed E-state index contributed by atoms with van der Waals surface area (Å²) in [5, 5.41) is 6.12. The summed E-state index contributed by atoms with van der Waals surface area (Å²) in [6.45, 7) is 7.88. The van der Waals surface area contributed by atoms with E-state index in [1.165, 1.54) is 23.8 Å². The fourth-order valence-electron chi connectivity index (χ4n) is 2.55. The van der Waals surface area contributed by atoms with Crippen LogP contribution in [0.3, 0.4) is 0 Å². The zero-order chi connectivity index (χ0) is 18.9. The van der Waals surface area contributed by atoms with Crippen molar-refractivity contribution in [2.24, 2.45) is 0 Å². The van der Waals surface area contributed by atoms with Crippen molar-refractivity contribution in [1.82, 2.24) is 4.98 Å². The van der Waals surface area contributed by atoms with Gasteiger partial charge >= 0.3 is 0 Å². The molecular weight excluding hydrogens is 346 g/mol. The number of thiazole rings is 1. The van der Waals surface area contributed by atoms with Crippen LogP contribution in [0.1, 0.15) is 43.6 Å². The molecule has 6 heteroatoms. The Morgan fingerprint density at radius 2 is 1.69 bits per heavy atom. The number of amides is 2. The third kappa shape index (κ3) is 4.08. The smallest absolute Gasteiger partial charge is 0.257 e. The van der Waals surface area contributed by atoms with E-state index in [1.807, 2.05) is 36.4 Å². The summed E-state index contributed by atoms with van der Waals surface area (Å²) in [6.07, 6.45) is 0. The van der Waals surface area contributed by atoms with E-state index in [1.54, 1.807) is 6.07 Å². The van der Waals surface area contributed by atoms with Gasteiger partial charge in [-0.1, -0.05) is 44.2 Å². The monoisotopic (exact) mass is 367 g/mol. The zero-order valence-corrected chi connectivity index (χ0v) is 16.0. The molecule has 134 valence electrons. The number of nitrogens with one attached hydrogen (secondary N) is 2. The fourth-order valence-corrected chi connectivity index (χ4v) is 3.45. The Balaban J connectivity index is 1.77. The SMILES string of the molecule is CC(=O)Nc1ccc2nc(NC(=O)c3ccc(C(C)(C)C)cc3)sc2c1. The van der Waals surface area contributed by atoms with Crippen molar-refractivity contribution >= 4 is 44.2 Å². The van der Waals surface area contributed by atoms with Crippen LogP contribution in [0, 0.1) is 0 Å². The molecule has 0 bridgehead atoms. The van der Waals surface area contributed by atoms with Gasteiger partial charge in [-0.25, -0.2) is 4.98 Å². The lowest BCUT2D eigenvalue weighted by Crippen LogP contribution is -2.14. The Kier molecular flexibility index (Phi) is 4.78. The van der Waals surface area contributed by atoms with Crippen LogP contribution in [0.2, 0.25) is 0 Å². The number of carbonyl (C=O) groups excluding carboxylic acids is 2. The minimum Gasteiger partial charge on any atom is -0.326 e. The molecule has 0 saturated heterocycles. The highest BCUT2D eigenvalue weighted by molar-refractivity contribution is 7.22. The first-order chi connectivity index (χ1) is 12.2. The summed E-state index contributed by atoms with van der Waals surface area (Å²) in [7, 11) is 0. The first-order valence-electron chi connectivity index (χ1n) is 8.32. The van der Waals surface area contributed by atoms with Gasteiger partial charge in [0.25, 0.3) is 5.91 Å². The van der Waals surface area contributed by atoms with Crippen LogP contribution in [-0.2, 0) is 10.2 Å². The molecule has 0 radical (unpaired) electrons. The average molecular weight is 367 g/mol. The largest absolute Gasteiger partial charge is 0.326 e. The molecule has 2 aromatic carbocycles. The van der Waals surface area contributed by atoms with Crippen LogP contribution in [-0.4, -0.2) is 16.8 Å². The molecule has 0 spiro atoms. The first-order valence-corrected chi connectivity index (χ1v) is 9.14. The summed E-state index contributed by atoms with van der Waals surface area (Å²) >= 11 is 1.37. The molecule has 0 atom stereocenters. The minimum absolute atomic E-state index is 0.0493. The molecule has 1 heterocycles. The van der Waals surface area contributed by atoms with Crippen LogP contribution in [0.15, 0.2) is 42.5 Å². The number of hydrogen-bond acceptors (Lipinski definition) is 4. The molecular formula is C20H21N3O2S. The molecule has 2 N–H and O–H groups in total. The number of fused-ring (bicyclic) bond motifs is 1. The third-order valence-corrected chi connectivity index (χ3v) is 4.88. The fraction of sp³-hybridized carbons (Fsp3) is 0.250. The van der Waals surface area contributed by atoms with Crippen LogP contribution < -0.4 is 10.6 Å². The third-order valence-electron chi connectivity index (χ3n) is 3.94. The lowest BCUT2D eigenvalue weighted by Gasteiger charge is -2.18. The van der Waals surface area contributed by atoms with Crippen LogP contribution in [0.25, 0.3) is 10.2 Å². The molecule has 0 aliphatic carbocycles. The number of rotatable bonds is 3. The van der Waals surface area contributed by atoms with E-state index in [0.717, 1.165) is 10.2 Å². The van der Waals surface area contributed by atoms with E-state index in [2.05, 4.69) is 36.4 Å². The summed E-state index contributed by atoms with van der Waals surface area (Å²) in [5.41, 5.74) is 3.32. The van der Waals surface area contributed by atoms with Crippen molar-refractivity contribution in [3.05, 3.63) is 53.6 Å². The van der Waals surface area contributed by atoms with Gasteiger partial charge in [-0.05, 0) is 41.3 Å². The number of benzene rings is 2. The molecule has 0 saturated carbocycles. The van der Waals surface area contributed by atoms with Crippen molar-refractivity contribution in [3.8, 4) is 0 Å². The topological polar surface area (TPSA) is 71.1 Å². The Morgan fingerprint density at radius 1 is 1.00 bits per heavy atom. The molecule has 0 aliphatic heterocycles. The van der Waals surface area contributed by atoms with Gasteiger partial charge in [-0.15, -0.1) is 0 Å². The molecule has 3 rings (SSSR count). The second kappa shape index (κ2) is 6.88. The number of hydrogen-bond donors (Lipinski definition) is 2. The van der Waals surface area contributed by atoms with Crippen LogP contribution in [0.4, 0.5) is 10.8 Å².